The summed E-state index contributed by atoms with van der Waals surface area (Å²) < 4.78 is 16.5. The van der Waals surface area contributed by atoms with Crippen molar-refractivity contribution in [3.8, 4) is 5.69 Å². The van der Waals surface area contributed by atoms with Gasteiger partial charge in [-0.2, -0.15) is 5.10 Å². The van der Waals surface area contributed by atoms with Crippen LogP contribution in [0.4, 0.5) is 4.39 Å². The average molecular weight is 458 g/mol. The Hall–Kier alpha value is -2.68. The van der Waals surface area contributed by atoms with Crippen LogP contribution in [0.1, 0.15) is 52.0 Å². The molecule has 0 spiro atoms. The minimum atomic E-state index is -0.339. The minimum absolute atomic E-state index is 0.0966. The van der Waals surface area contributed by atoms with Crippen LogP contribution in [-0.4, -0.2) is 49.0 Å². The highest BCUT2D eigenvalue weighted by Crippen LogP contribution is 2.33. The molecule has 0 fully saturated rings. The molecule has 1 aliphatic rings. The number of hydrogen-bond donors (Lipinski definition) is 0. The molecule has 1 aromatic carbocycles. The number of benzene rings is 1. The molecule has 3 heterocycles. The number of carbonyl (C=O) groups excluding carboxylic acids is 1. The summed E-state index contributed by atoms with van der Waals surface area (Å²) in [5.41, 5.74) is 0.894. The Kier molecular flexibility index (Phi) is 6.93. The molecule has 0 N–H and O–H groups in total. The first-order chi connectivity index (χ1) is 15.5. The fourth-order valence-electron chi connectivity index (χ4n) is 3.94. The number of fused-ring (bicyclic) bond motifs is 2. The fraction of sp³-hybridized carbons (Fsp3) is 0.478. The van der Waals surface area contributed by atoms with E-state index >= 15 is 0 Å². The van der Waals surface area contributed by atoms with Crippen molar-refractivity contribution in [3.63, 3.8) is 0 Å². The molecule has 1 atom stereocenters. The second kappa shape index (κ2) is 9.85. The van der Waals surface area contributed by atoms with Gasteiger partial charge in [-0.3, -0.25) is 14.2 Å². The normalized spacial score (nSPS) is 15.3. The maximum atomic E-state index is 13.3. The standard InChI is InChI=1S/C23H28FN5O2S/c1-3-5-11-27(12-6-4-2)20(30)13-18-15-32-23-26-21-19(22(31)28(18)23)14-25-29(21)17-9-7-16(24)8-10-17/h7-10,14,18H,3-6,11-13,15H2,1-2H3. The number of halogens is 1. The first kappa shape index (κ1) is 22.5. The van der Waals surface area contributed by atoms with Gasteiger partial charge in [0, 0.05) is 25.3 Å². The van der Waals surface area contributed by atoms with Gasteiger partial charge in [-0.1, -0.05) is 38.5 Å². The molecule has 0 saturated heterocycles. The van der Waals surface area contributed by atoms with Crippen molar-refractivity contribution in [2.45, 2.75) is 57.1 Å². The largest absolute Gasteiger partial charge is 0.343 e. The van der Waals surface area contributed by atoms with Crippen LogP contribution in [0.25, 0.3) is 16.7 Å². The van der Waals surface area contributed by atoms with Crippen molar-refractivity contribution in [2.24, 2.45) is 0 Å². The Morgan fingerprint density at radius 2 is 1.88 bits per heavy atom. The van der Waals surface area contributed by atoms with Gasteiger partial charge in [0.15, 0.2) is 10.8 Å². The summed E-state index contributed by atoms with van der Waals surface area (Å²) in [4.78, 5) is 33.0. The van der Waals surface area contributed by atoms with Gasteiger partial charge in [0.2, 0.25) is 5.91 Å². The minimum Gasteiger partial charge on any atom is -0.343 e. The number of unbranched alkanes of at least 4 members (excludes halogenated alkanes) is 2. The predicted molar refractivity (Wildman–Crippen MR) is 124 cm³/mol. The average Bonchev–Trinajstić information content (AvgIpc) is 3.39. The molecule has 4 rings (SSSR count). The number of thioether (sulfide) groups is 1. The molecule has 0 bridgehead atoms. The van der Waals surface area contributed by atoms with Crippen LogP contribution in [0.15, 0.2) is 40.4 Å². The van der Waals surface area contributed by atoms with E-state index in [1.165, 1.54) is 30.1 Å². The Balaban J connectivity index is 1.61. The van der Waals surface area contributed by atoms with Crippen molar-refractivity contribution in [2.75, 3.05) is 18.8 Å². The van der Waals surface area contributed by atoms with Gasteiger partial charge in [0.25, 0.3) is 5.56 Å². The summed E-state index contributed by atoms with van der Waals surface area (Å²) >= 11 is 1.48. The molecule has 0 aliphatic carbocycles. The highest BCUT2D eigenvalue weighted by atomic mass is 32.2. The van der Waals surface area contributed by atoms with Gasteiger partial charge in [0.05, 0.1) is 17.9 Å². The topological polar surface area (TPSA) is 73.0 Å². The summed E-state index contributed by atoms with van der Waals surface area (Å²) in [7, 11) is 0. The van der Waals surface area contributed by atoms with Crippen molar-refractivity contribution in [1.29, 1.82) is 0 Å². The van der Waals surface area contributed by atoms with E-state index in [2.05, 4.69) is 23.9 Å². The zero-order valence-corrected chi connectivity index (χ0v) is 19.3. The lowest BCUT2D eigenvalue weighted by Gasteiger charge is -2.24. The Morgan fingerprint density at radius 3 is 2.53 bits per heavy atom. The third-order valence-electron chi connectivity index (χ3n) is 5.77. The van der Waals surface area contributed by atoms with Crippen LogP contribution < -0.4 is 5.56 Å². The Morgan fingerprint density at radius 1 is 1.19 bits per heavy atom. The van der Waals surface area contributed by atoms with Crippen LogP contribution in [-0.2, 0) is 4.79 Å². The molecule has 1 amide bonds. The second-order valence-corrected chi connectivity index (χ2v) is 9.08. The van der Waals surface area contributed by atoms with Gasteiger partial charge in [-0.25, -0.2) is 14.1 Å². The molecule has 2 aromatic heterocycles. The third-order valence-corrected chi connectivity index (χ3v) is 6.87. The smallest absolute Gasteiger partial charge is 0.265 e. The van der Waals surface area contributed by atoms with Crippen molar-refractivity contribution in [1.82, 2.24) is 24.2 Å². The van der Waals surface area contributed by atoms with E-state index in [-0.39, 0.29) is 23.3 Å². The van der Waals surface area contributed by atoms with Gasteiger partial charge >= 0.3 is 0 Å². The summed E-state index contributed by atoms with van der Waals surface area (Å²) in [6.07, 6.45) is 5.84. The van der Waals surface area contributed by atoms with E-state index in [1.54, 1.807) is 21.4 Å². The van der Waals surface area contributed by atoms with Crippen LogP contribution >= 0.6 is 11.8 Å². The molecule has 9 heteroatoms. The summed E-state index contributed by atoms with van der Waals surface area (Å²) in [6.45, 7) is 5.77. The number of carbonyl (C=O) groups is 1. The van der Waals surface area contributed by atoms with Gasteiger partial charge < -0.3 is 4.90 Å². The van der Waals surface area contributed by atoms with Gasteiger partial charge in [-0.15, -0.1) is 0 Å². The number of hydrogen-bond acceptors (Lipinski definition) is 5. The first-order valence-corrected chi connectivity index (χ1v) is 12.2. The number of nitrogens with zero attached hydrogens (tertiary/aromatic N) is 5. The van der Waals surface area contributed by atoms with Gasteiger partial charge in [0.1, 0.15) is 11.2 Å². The zero-order valence-electron chi connectivity index (χ0n) is 18.5. The fourth-order valence-corrected chi connectivity index (χ4v) is 5.07. The van der Waals surface area contributed by atoms with E-state index in [4.69, 9.17) is 0 Å². The highest BCUT2D eigenvalue weighted by molar-refractivity contribution is 7.99. The lowest BCUT2D eigenvalue weighted by Crippen LogP contribution is -2.36. The molecular weight excluding hydrogens is 429 g/mol. The van der Waals surface area contributed by atoms with Crippen molar-refractivity contribution < 1.29 is 9.18 Å². The summed E-state index contributed by atoms with van der Waals surface area (Å²) in [5, 5.41) is 5.30. The van der Waals surface area contributed by atoms with E-state index in [1.807, 2.05) is 4.90 Å². The number of amides is 1. The van der Waals surface area contributed by atoms with E-state index in [9.17, 15) is 14.0 Å². The Bertz CT molecular complexity index is 1150. The molecule has 32 heavy (non-hydrogen) atoms. The summed E-state index contributed by atoms with van der Waals surface area (Å²) in [5.74, 6) is 0.397. The van der Waals surface area contributed by atoms with E-state index in [0.717, 1.165) is 38.8 Å². The van der Waals surface area contributed by atoms with Crippen LogP contribution in [0.2, 0.25) is 0 Å². The summed E-state index contributed by atoms with van der Waals surface area (Å²) in [6, 6.07) is 5.69. The molecule has 1 unspecified atom stereocenters. The van der Waals surface area contributed by atoms with Gasteiger partial charge in [-0.05, 0) is 37.1 Å². The molecule has 0 radical (unpaired) electrons. The lowest BCUT2D eigenvalue weighted by atomic mass is 10.1. The third kappa shape index (κ3) is 4.44. The van der Waals surface area contributed by atoms with Crippen LogP contribution in [0.5, 0.6) is 0 Å². The first-order valence-electron chi connectivity index (χ1n) is 11.2. The predicted octanol–water partition coefficient (Wildman–Crippen LogP) is 4.19. The van der Waals surface area contributed by atoms with Crippen molar-refractivity contribution in [3.05, 3.63) is 46.6 Å². The zero-order chi connectivity index (χ0) is 22.7. The number of aromatic nitrogens is 4. The molecule has 170 valence electrons. The second-order valence-electron chi connectivity index (χ2n) is 8.10. The quantitative estimate of drug-likeness (QED) is 0.451. The maximum absolute atomic E-state index is 13.3. The lowest BCUT2D eigenvalue weighted by molar-refractivity contribution is -0.132. The number of rotatable bonds is 9. The molecule has 7 nitrogen and oxygen atoms in total. The monoisotopic (exact) mass is 457 g/mol. The highest BCUT2D eigenvalue weighted by Gasteiger charge is 2.30. The molecule has 3 aromatic rings. The SMILES string of the molecule is CCCCN(CCCC)C(=O)CC1CSc2nc3c(cnn3-c3ccc(F)cc3)c(=O)n21. The van der Waals surface area contributed by atoms with Crippen LogP contribution in [0.3, 0.4) is 0 Å². The van der Waals surface area contributed by atoms with E-state index < -0.39 is 0 Å². The van der Waals surface area contributed by atoms with Crippen molar-refractivity contribution >= 4 is 28.7 Å². The molecule has 1 aliphatic heterocycles. The van der Waals surface area contributed by atoms with Crippen LogP contribution in [0, 0.1) is 5.82 Å². The van der Waals surface area contributed by atoms with E-state index in [0.29, 0.717) is 34.1 Å². The molecular formula is C23H28FN5O2S. The maximum Gasteiger partial charge on any atom is 0.265 e. The Labute approximate surface area is 190 Å². The molecule has 0 saturated carbocycles.